The molecule has 0 aromatic heterocycles. The van der Waals surface area contributed by atoms with Crippen molar-refractivity contribution < 1.29 is 9.53 Å². The number of hydrogen-bond donors (Lipinski definition) is 0. The zero-order chi connectivity index (χ0) is 14.9. The molecule has 0 heterocycles. The fourth-order valence-electron chi connectivity index (χ4n) is 1.93. The lowest BCUT2D eigenvalue weighted by atomic mass is 10.1. The Hall–Kier alpha value is -1.05. The maximum atomic E-state index is 10.5. The van der Waals surface area contributed by atoms with E-state index in [1.165, 1.54) is 39.0 Å². The van der Waals surface area contributed by atoms with Crippen molar-refractivity contribution in [1.82, 2.24) is 0 Å². The van der Waals surface area contributed by atoms with Crippen LogP contribution in [0.3, 0.4) is 0 Å². The molecular weight excluding hydrogens is 248 g/mol. The fraction of sp³-hybridized carbons (Fsp3) is 0.722. The van der Waals surface area contributed by atoms with Crippen LogP contribution in [0.1, 0.15) is 78.1 Å². The third kappa shape index (κ3) is 16.9. The molecule has 0 fully saturated rings. The number of hydrogen-bond acceptors (Lipinski definition) is 2. The summed E-state index contributed by atoms with van der Waals surface area (Å²) < 4.78 is 4.88. The summed E-state index contributed by atoms with van der Waals surface area (Å²) >= 11 is 0. The molecular formula is C18H32O2. The SMILES string of the molecule is CCCCC/C=C\CC/C=C/CCCCCOC(C)=O. The summed E-state index contributed by atoms with van der Waals surface area (Å²) in [6.07, 6.45) is 21.1. The van der Waals surface area contributed by atoms with Crippen LogP contribution in [0.15, 0.2) is 24.3 Å². The fourth-order valence-corrected chi connectivity index (χ4v) is 1.93. The molecule has 0 radical (unpaired) electrons. The number of carbonyl (C=O) groups is 1. The Morgan fingerprint density at radius 3 is 1.90 bits per heavy atom. The topological polar surface area (TPSA) is 26.3 Å². The van der Waals surface area contributed by atoms with Crippen LogP contribution in [0.4, 0.5) is 0 Å². The highest BCUT2D eigenvalue weighted by molar-refractivity contribution is 5.65. The smallest absolute Gasteiger partial charge is 0.302 e. The number of carbonyl (C=O) groups excluding carboxylic acids is 1. The van der Waals surface area contributed by atoms with Crippen LogP contribution in [0.5, 0.6) is 0 Å². The van der Waals surface area contributed by atoms with Gasteiger partial charge >= 0.3 is 5.97 Å². The molecule has 0 aromatic rings. The summed E-state index contributed by atoms with van der Waals surface area (Å²) in [5.74, 6) is -0.173. The quantitative estimate of drug-likeness (QED) is 0.250. The average molecular weight is 280 g/mol. The van der Waals surface area contributed by atoms with Crippen LogP contribution >= 0.6 is 0 Å². The van der Waals surface area contributed by atoms with Crippen molar-refractivity contribution in [2.45, 2.75) is 78.1 Å². The molecule has 0 amide bonds. The average Bonchev–Trinajstić information content (AvgIpc) is 2.43. The standard InChI is InChI=1S/C18H32O2/c1-3-4-5-6-7-8-9-10-11-12-13-14-15-16-17-20-18(2)19/h7-8,11-12H,3-6,9-10,13-17H2,1-2H3/b8-7-,12-11+. The third-order valence-electron chi connectivity index (χ3n) is 3.13. The minimum absolute atomic E-state index is 0.173. The minimum atomic E-state index is -0.173. The first-order valence-corrected chi connectivity index (χ1v) is 8.20. The van der Waals surface area contributed by atoms with Gasteiger partial charge in [0.05, 0.1) is 6.61 Å². The zero-order valence-electron chi connectivity index (χ0n) is 13.4. The molecule has 0 aliphatic heterocycles. The summed E-state index contributed by atoms with van der Waals surface area (Å²) in [6, 6.07) is 0. The summed E-state index contributed by atoms with van der Waals surface area (Å²) in [7, 11) is 0. The van der Waals surface area contributed by atoms with E-state index in [9.17, 15) is 4.79 Å². The number of ether oxygens (including phenoxy) is 1. The van der Waals surface area contributed by atoms with Crippen LogP contribution in [0.2, 0.25) is 0 Å². The number of esters is 1. The Kier molecular flexibility index (Phi) is 15.2. The molecule has 0 aliphatic rings. The predicted molar refractivity (Wildman–Crippen MR) is 86.8 cm³/mol. The highest BCUT2D eigenvalue weighted by atomic mass is 16.5. The lowest BCUT2D eigenvalue weighted by Gasteiger charge is -2.00. The molecule has 0 saturated heterocycles. The van der Waals surface area contributed by atoms with Crippen molar-refractivity contribution in [2.24, 2.45) is 0 Å². The van der Waals surface area contributed by atoms with Crippen LogP contribution in [0, 0.1) is 0 Å². The molecule has 20 heavy (non-hydrogen) atoms. The van der Waals surface area contributed by atoms with E-state index in [0.29, 0.717) is 6.61 Å². The van der Waals surface area contributed by atoms with Gasteiger partial charge in [-0.1, -0.05) is 44.1 Å². The normalized spacial score (nSPS) is 11.5. The second kappa shape index (κ2) is 16.0. The van der Waals surface area contributed by atoms with Gasteiger partial charge in [-0.25, -0.2) is 0 Å². The largest absolute Gasteiger partial charge is 0.466 e. The molecule has 0 atom stereocenters. The van der Waals surface area contributed by atoms with Crippen molar-refractivity contribution in [3.05, 3.63) is 24.3 Å². The molecule has 0 spiro atoms. The second-order valence-corrected chi connectivity index (χ2v) is 5.21. The van der Waals surface area contributed by atoms with Gasteiger partial charge in [-0.05, 0) is 51.4 Å². The van der Waals surface area contributed by atoms with E-state index < -0.39 is 0 Å². The van der Waals surface area contributed by atoms with Crippen molar-refractivity contribution in [2.75, 3.05) is 6.61 Å². The zero-order valence-corrected chi connectivity index (χ0v) is 13.4. The number of rotatable bonds is 13. The molecule has 116 valence electrons. The molecule has 0 saturated carbocycles. The summed E-state index contributed by atoms with van der Waals surface area (Å²) in [5.41, 5.74) is 0. The Morgan fingerprint density at radius 1 is 0.800 bits per heavy atom. The van der Waals surface area contributed by atoms with Crippen molar-refractivity contribution in [1.29, 1.82) is 0 Å². The Labute approximate surface area is 125 Å². The van der Waals surface area contributed by atoms with E-state index in [2.05, 4.69) is 31.2 Å². The van der Waals surface area contributed by atoms with Crippen LogP contribution in [-0.4, -0.2) is 12.6 Å². The van der Waals surface area contributed by atoms with Crippen LogP contribution < -0.4 is 0 Å². The maximum Gasteiger partial charge on any atom is 0.302 e. The first-order chi connectivity index (χ1) is 9.77. The van der Waals surface area contributed by atoms with Crippen molar-refractivity contribution >= 4 is 5.97 Å². The Bertz CT molecular complexity index is 267. The summed E-state index contributed by atoms with van der Waals surface area (Å²) in [4.78, 5) is 10.5. The van der Waals surface area contributed by atoms with Crippen molar-refractivity contribution in [3.8, 4) is 0 Å². The number of allylic oxidation sites excluding steroid dienone is 4. The lowest BCUT2D eigenvalue weighted by molar-refractivity contribution is -0.141. The highest BCUT2D eigenvalue weighted by Crippen LogP contribution is 2.04. The van der Waals surface area contributed by atoms with E-state index in [0.717, 1.165) is 32.1 Å². The van der Waals surface area contributed by atoms with Gasteiger partial charge in [-0.3, -0.25) is 4.79 Å². The summed E-state index contributed by atoms with van der Waals surface area (Å²) in [5, 5.41) is 0. The van der Waals surface area contributed by atoms with Crippen molar-refractivity contribution in [3.63, 3.8) is 0 Å². The van der Waals surface area contributed by atoms with Crippen LogP contribution in [-0.2, 0) is 9.53 Å². The number of unbranched alkanes of at least 4 members (excludes halogenated alkanes) is 7. The van der Waals surface area contributed by atoms with Gasteiger partial charge in [0.2, 0.25) is 0 Å². The van der Waals surface area contributed by atoms with E-state index in [-0.39, 0.29) is 5.97 Å². The molecule has 0 rings (SSSR count). The molecule has 0 aromatic carbocycles. The van der Waals surface area contributed by atoms with Gasteiger partial charge in [0.25, 0.3) is 0 Å². The third-order valence-corrected chi connectivity index (χ3v) is 3.13. The molecule has 2 heteroatoms. The van der Waals surface area contributed by atoms with Crippen LogP contribution in [0.25, 0.3) is 0 Å². The maximum absolute atomic E-state index is 10.5. The Morgan fingerprint density at radius 2 is 1.35 bits per heavy atom. The van der Waals surface area contributed by atoms with Gasteiger partial charge in [-0.15, -0.1) is 0 Å². The molecule has 0 bridgehead atoms. The van der Waals surface area contributed by atoms with E-state index in [4.69, 9.17) is 4.74 Å². The lowest BCUT2D eigenvalue weighted by Crippen LogP contribution is -1.99. The first-order valence-electron chi connectivity index (χ1n) is 8.20. The van der Waals surface area contributed by atoms with E-state index in [1.807, 2.05) is 0 Å². The Balaban J connectivity index is 3.18. The van der Waals surface area contributed by atoms with Gasteiger partial charge in [0, 0.05) is 6.92 Å². The molecule has 2 nitrogen and oxygen atoms in total. The predicted octanol–water partition coefficient (Wildman–Crippen LogP) is 5.58. The van der Waals surface area contributed by atoms with Gasteiger partial charge in [0.1, 0.15) is 0 Å². The molecule has 0 aliphatic carbocycles. The van der Waals surface area contributed by atoms with E-state index >= 15 is 0 Å². The summed E-state index contributed by atoms with van der Waals surface area (Å²) in [6.45, 7) is 4.27. The van der Waals surface area contributed by atoms with E-state index in [1.54, 1.807) is 0 Å². The van der Waals surface area contributed by atoms with Gasteiger partial charge < -0.3 is 4.74 Å². The molecule has 0 N–H and O–H groups in total. The minimum Gasteiger partial charge on any atom is -0.466 e. The highest BCUT2D eigenvalue weighted by Gasteiger charge is 1.92. The second-order valence-electron chi connectivity index (χ2n) is 5.21. The van der Waals surface area contributed by atoms with Gasteiger partial charge in [0.15, 0.2) is 0 Å². The first kappa shape index (κ1) is 18.9. The molecule has 0 unspecified atom stereocenters. The monoisotopic (exact) mass is 280 g/mol. The van der Waals surface area contributed by atoms with Gasteiger partial charge in [-0.2, -0.15) is 0 Å².